The van der Waals surface area contributed by atoms with E-state index in [9.17, 15) is 24.3 Å². The minimum Gasteiger partial charge on any atom is -0.508 e. The number of nitrogens with two attached hydrogens (primary N) is 3. The fourth-order valence-electron chi connectivity index (χ4n) is 3.84. The average molecular weight is 453 g/mol. The van der Waals surface area contributed by atoms with Crippen LogP contribution in [0.15, 0.2) is 42.5 Å². The normalized spacial score (nSPS) is 16.1. The summed E-state index contributed by atoms with van der Waals surface area (Å²) in [5.74, 6) is -2.26. The maximum Gasteiger partial charge on any atom is 0.250 e. The lowest BCUT2D eigenvalue weighted by Gasteiger charge is -2.38. The van der Waals surface area contributed by atoms with Gasteiger partial charge in [0.1, 0.15) is 17.8 Å². The Bertz CT molecular complexity index is 1070. The molecule has 0 fully saturated rings. The Labute approximate surface area is 190 Å². The molecule has 0 spiro atoms. The SMILES string of the molecule is NCc1ccc2c(c1)N(C(Cc1ccc(O)cc1)C(N)=O)C(=O)[C@@H](NC(=O)CCC(N)=O)C2. The van der Waals surface area contributed by atoms with E-state index in [-0.39, 0.29) is 38.0 Å². The molecule has 0 bridgehead atoms. The molecule has 1 aliphatic heterocycles. The van der Waals surface area contributed by atoms with E-state index in [0.29, 0.717) is 11.3 Å². The molecule has 2 aromatic rings. The Morgan fingerprint density at radius 1 is 1.06 bits per heavy atom. The largest absolute Gasteiger partial charge is 0.508 e. The summed E-state index contributed by atoms with van der Waals surface area (Å²) in [7, 11) is 0. The number of nitrogens with one attached hydrogen (secondary N) is 1. The van der Waals surface area contributed by atoms with Crippen molar-refractivity contribution in [3.8, 4) is 5.75 Å². The lowest BCUT2D eigenvalue weighted by Crippen LogP contribution is -2.59. The number of primary amides is 2. The third-order valence-corrected chi connectivity index (χ3v) is 5.54. The van der Waals surface area contributed by atoms with Crippen LogP contribution in [0.1, 0.15) is 29.5 Å². The first-order chi connectivity index (χ1) is 15.7. The molecule has 1 unspecified atom stereocenters. The summed E-state index contributed by atoms with van der Waals surface area (Å²) in [6.45, 7) is 0.238. The number of aromatic hydroxyl groups is 1. The number of hydrogen-bond acceptors (Lipinski definition) is 6. The van der Waals surface area contributed by atoms with E-state index in [2.05, 4.69) is 5.32 Å². The van der Waals surface area contributed by atoms with Crippen molar-refractivity contribution in [2.75, 3.05) is 4.90 Å². The first kappa shape index (κ1) is 23.7. The topological polar surface area (TPSA) is 182 Å². The predicted molar refractivity (Wildman–Crippen MR) is 121 cm³/mol. The second-order valence-corrected chi connectivity index (χ2v) is 7.95. The van der Waals surface area contributed by atoms with Gasteiger partial charge in [-0.1, -0.05) is 24.3 Å². The molecule has 174 valence electrons. The number of amides is 4. The molecule has 8 N–H and O–H groups in total. The van der Waals surface area contributed by atoms with Gasteiger partial charge in [0, 0.05) is 37.9 Å². The Hall–Kier alpha value is -3.92. The van der Waals surface area contributed by atoms with Gasteiger partial charge in [0.05, 0.1) is 0 Å². The molecule has 4 amide bonds. The quantitative estimate of drug-likeness (QED) is 0.344. The highest BCUT2D eigenvalue weighted by molar-refractivity contribution is 6.06. The van der Waals surface area contributed by atoms with Crippen molar-refractivity contribution in [2.45, 2.75) is 44.3 Å². The lowest BCUT2D eigenvalue weighted by atomic mass is 9.92. The number of carbonyl (C=O) groups excluding carboxylic acids is 4. The van der Waals surface area contributed by atoms with Gasteiger partial charge in [-0.15, -0.1) is 0 Å². The van der Waals surface area contributed by atoms with Crippen molar-refractivity contribution in [1.82, 2.24) is 5.32 Å². The van der Waals surface area contributed by atoms with Crippen molar-refractivity contribution in [3.05, 3.63) is 59.2 Å². The first-order valence-corrected chi connectivity index (χ1v) is 10.5. The number of anilines is 1. The number of rotatable bonds is 9. The van der Waals surface area contributed by atoms with Crippen LogP contribution in [0.25, 0.3) is 0 Å². The van der Waals surface area contributed by atoms with Gasteiger partial charge in [0.15, 0.2) is 0 Å². The molecular formula is C23H27N5O5. The third-order valence-electron chi connectivity index (χ3n) is 5.54. The Morgan fingerprint density at radius 3 is 2.33 bits per heavy atom. The van der Waals surface area contributed by atoms with Gasteiger partial charge in [-0.05, 0) is 34.9 Å². The van der Waals surface area contributed by atoms with Crippen molar-refractivity contribution in [1.29, 1.82) is 0 Å². The van der Waals surface area contributed by atoms with Crippen LogP contribution in [0.4, 0.5) is 5.69 Å². The molecule has 0 aromatic heterocycles. The molecule has 10 nitrogen and oxygen atoms in total. The van der Waals surface area contributed by atoms with Crippen molar-refractivity contribution >= 4 is 29.3 Å². The Kier molecular flexibility index (Phi) is 7.29. The highest BCUT2D eigenvalue weighted by Crippen LogP contribution is 2.32. The minimum atomic E-state index is -1.04. The maximum absolute atomic E-state index is 13.5. The van der Waals surface area contributed by atoms with E-state index < -0.39 is 35.7 Å². The molecule has 0 saturated heterocycles. The van der Waals surface area contributed by atoms with Crippen LogP contribution in [-0.4, -0.2) is 40.8 Å². The van der Waals surface area contributed by atoms with Gasteiger partial charge < -0.3 is 27.6 Å². The molecule has 3 rings (SSSR count). The summed E-state index contributed by atoms with van der Waals surface area (Å²) in [5, 5.41) is 12.2. The van der Waals surface area contributed by atoms with E-state index in [1.54, 1.807) is 24.3 Å². The Balaban J connectivity index is 1.97. The molecule has 0 aliphatic carbocycles. The average Bonchev–Trinajstić information content (AvgIpc) is 2.78. The number of fused-ring (bicyclic) bond motifs is 1. The molecule has 1 aliphatic rings. The molecule has 2 atom stereocenters. The molecule has 2 aromatic carbocycles. The number of phenolic OH excluding ortho intramolecular Hbond substituents is 1. The summed E-state index contributed by atoms with van der Waals surface area (Å²) in [5.41, 5.74) is 19.3. The molecular weight excluding hydrogens is 426 g/mol. The molecule has 33 heavy (non-hydrogen) atoms. The predicted octanol–water partition coefficient (Wildman–Crippen LogP) is -0.413. The number of phenols is 1. The number of hydrogen-bond donors (Lipinski definition) is 5. The standard InChI is InChI=1S/C23H27N5O5/c24-12-14-1-4-15-11-17(27-21(31)8-7-20(25)30)23(33)28(18(15)10-14)19(22(26)32)9-13-2-5-16(29)6-3-13/h1-6,10,17,19,29H,7-9,11-12,24H2,(H2,25,30)(H2,26,32)(H,27,31)/t17-,19?/m0/s1. The second kappa shape index (κ2) is 10.1. The van der Waals surface area contributed by atoms with Gasteiger partial charge in [-0.2, -0.15) is 0 Å². The highest BCUT2D eigenvalue weighted by atomic mass is 16.3. The molecule has 1 heterocycles. The first-order valence-electron chi connectivity index (χ1n) is 10.5. The van der Waals surface area contributed by atoms with Crippen LogP contribution in [0.3, 0.4) is 0 Å². The van der Waals surface area contributed by atoms with E-state index in [1.807, 2.05) is 6.07 Å². The fourth-order valence-corrected chi connectivity index (χ4v) is 3.84. The highest BCUT2D eigenvalue weighted by Gasteiger charge is 2.39. The third kappa shape index (κ3) is 5.66. The number of carbonyl (C=O) groups is 4. The van der Waals surface area contributed by atoms with Gasteiger partial charge >= 0.3 is 0 Å². The second-order valence-electron chi connectivity index (χ2n) is 7.95. The monoisotopic (exact) mass is 453 g/mol. The summed E-state index contributed by atoms with van der Waals surface area (Å²) >= 11 is 0. The Morgan fingerprint density at radius 2 is 1.73 bits per heavy atom. The van der Waals surface area contributed by atoms with Crippen LogP contribution in [0.5, 0.6) is 5.75 Å². The van der Waals surface area contributed by atoms with Crippen LogP contribution in [0, 0.1) is 0 Å². The molecule has 0 saturated carbocycles. The van der Waals surface area contributed by atoms with Crippen LogP contribution in [0.2, 0.25) is 0 Å². The minimum absolute atomic E-state index is 0.0695. The fraction of sp³-hybridized carbons (Fsp3) is 0.304. The maximum atomic E-state index is 13.5. The van der Waals surface area contributed by atoms with Crippen molar-refractivity contribution in [2.24, 2.45) is 17.2 Å². The van der Waals surface area contributed by atoms with Crippen molar-refractivity contribution < 1.29 is 24.3 Å². The van der Waals surface area contributed by atoms with Crippen molar-refractivity contribution in [3.63, 3.8) is 0 Å². The van der Waals surface area contributed by atoms with Gasteiger partial charge in [0.25, 0.3) is 5.91 Å². The zero-order valence-electron chi connectivity index (χ0n) is 18.0. The summed E-state index contributed by atoms with van der Waals surface area (Å²) in [6, 6.07) is 9.62. The zero-order chi connectivity index (χ0) is 24.1. The van der Waals surface area contributed by atoms with Gasteiger partial charge in [-0.3, -0.25) is 24.1 Å². The van der Waals surface area contributed by atoms with E-state index in [4.69, 9.17) is 17.2 Å². The van der Waals surface area contributed by atoms with Gasteiger partial charge in [0.2, 0.25) is 17.7 Å². The lowest BCUT2D eigenvalue weighted by molar-refractivity contribution is -0.130. The molecule has 0 radical (unpaired) electrons. The zero-order valence-corrected chi connectivity index (χ0v) is 18.0. The summed E-state index contributed by atoms with van der Waals surface area (Å²) in [4.78, 5) is 50.6. The van der Waals surface area contributed by atoms with Gasteiger partial charge in [-0.25, -0.2) is 0 Å². The van der Waals surface area contributed by atoms with Crippen LogP contribution >= 0.6 is 0 Å². The van der Waals surface area contributed by atoms with Crippen LogP contribution in [-0.2, 0) is 38.6 Å². The smallest absolute Gasteiger partial charge is 0.250 e. The van der Waals surface area contributed by atoms with E-state index in [0.717, 1.165) is 11.1 Å². The van der Waals surface area contributed by atoms with Crippen LogP contribution < -0.4 is 27.4 Å². The number of nitrogens with zero attached hydrogens (tertiary/aromatic N) is 1. The summed E-state index contributed by atoms with van der Waals surface area (Å²) in [6.07, 6.45) is 0.0288. The molecule has 10 heteroatoms. The number of benzene rings is 2. The van der Waals surface area contributed by atoms with E-state index >= 15 is 0 Å². The summed E-state index contributed by atoms with van der Waals surface area (Å²) < 4.78 is 0. The van der Waals surface area contributed by atoms with E-state index in [1.165, 1.54) is 17.0 Å².